The first-order valence-corrected chi connectivity index (χ1v) is 6.65. The Kier molecular flexibility index (Phi) is 3.39. The number of nitrogen functional groups attached to an aromatic ring is 1. The van der Waals surface area contributed by atoms with E-state index >= 15 is 0 Å². The molecule has 1 aromatic rings. The van der Waals surface area contributed by atoms with Gasteiger partial charge in [0, 0.05) is 24.5 Å². The lowest BCUT2D eigenvalue weighted by Gasteiger charge is -2.35. The Bertz CT molecular complexity index is 416. The van der Waals surface area contributed by atoms with Gasteiger partial charge in [-0.05, 0) is 43.0 Å². The number of hydrogen-bond donors (Lipinski definition) is 1. The van der Waals surface area contributed by atoms with Gasteiger partial charge in [0.2, 0.25) is 0 Å². The van der Waals surface area contributed by atoms with E-state index in [1.54, 1.807) is 0 Å². The summed E-state index contributed by atoms with van der Waals surface area (Å²) in [5.74, 6) is 0. The van der Waals surface area contributed by atoms with Crippen molar-refractivity contribution < 1.29 is 9.47 Å². The number of ether oxygens (including phenoxy) is 2. The third kappa shape index (κ3) is 2.44. The van der Waals surface area contributed by atoms with Crippen molar-refractivity contribution in [1.29, 1.82) is 0 Å². The Balaban J connectivity index is 1.74. The molecule has 4 heteroatoms. The highest BCUT2D eigenvalue weighted by molar-refractivity contribution is 5.61. The highest BCUT2D eigenvalue weighted by Gasteiger charge is 2.22. The van der Waals surface area contributed by atoms with Gasteiger partial charge in [0.05, 0.1) is 12.7 Å². The van der Waals surface area contributed by atoms with E-state index in [1.165, 1.54) is 17.7 Å². The van der Waals surface area contributed by atoms with Crippen molar-refractivity contribution in [3.05, 3.63) is 23.8 Å². The quantitative estimate of drug-likeness (QED) is 0.811. The van der Waals surface area contributed by atoms with Crippen LogP contribution in [0.3, 0.4) is 0 Å². The smallest absolute Gasteiger partial charge is 0.147 e. The Morgan fingerprint density at radius 1 is 1.39 bits per heavy atom. The van der Waals surface area contributed by atoms with E-state index < -0.39 is 0 Å². The van der Waals surface area contributed by atoms with E-state index in [0.29, 0.717) is 12.9 Å². The van der Waals surface area contributed by atoms with Gasteiger partial charge in [0.15, 0.2) is 0 Å². The van der Waals surface area contributed by atoms with Crippen molar-refractivity contribution in [1.82, 2.24) is 0 Å². The van der Waals surface area contributed by atoms with Gasteiger partial charge in [-0.15, -0.1) is 0 Å². The molecule has 0 saturated carbocycles. The molecule has 2 N–H and O–H groups in total. The second-order valence-electron chi connectivity index (χ2n) is 5.04. The maximum absolute atomic E-state index is 5.85. The van der Waals surface area contributed by atoms with E-state index in [2.05, 4.69) is 17.0 Å². The molecule has 0 aliphatic carbocycles. The minimum atomic E-state index is 0.294. The predicted molar refractivity (Wildman–Crippen MR) is 71.7 cm³/mol. The number of anilines is 2. The van der Waals surface area contributed by atoms with Crippen LogP contribution in [0.4, 0.5) is 11.4 Å². The van der Waals surface area contributed by atoms with Crippen molar-refractivity contribution in [2.24, 2.45) is 0 Å². The molecule has 1 saturated heterocycles. The Hall–Kier alpha value is -1.26. The number of aryl methyl sites for hydroxylation is 1. The molecule has 1 unspecified atom stereocenters. The van der Waals surface area contributed by atoms with Crippen LogP contribution in [-0.2, 0) is 15.9 Å². The molecule has 0 aromatic heterocycles. The molecule has 1 fully saturated rings. The van der Waals surface area contributed by atoms with Crippen LogP contribution >= 0.6 is 0 Å². The van der Waals surface area contributed by atoms with E-state index in [-0.39, 0.29) is 0 Å². The van der Waals surface area contributed by atoms with Gasteiger partial charge >= 0.3 is 0 Å². The van der Waals surface area contributed by atoms with Gasteiger partial charge in [-0.25, -0.2) is 0 Å². The lowest BCUT2D eigenvalue weighted by atomic mass is 10.0. The van der Waals surface area contributed by atoms with E-state index in [9.17, 15) is 0 Å². The van der Waals surface area contributed by atoms with Crippen molar-refractivity contribution >= 4 is 11.4 Å². The van der Waals surface area contributed by atoms with Gasteiger partial charge < -0.3 is 20.1 Å². The molecule has 2 heterocycles. The molecule has 2 aliphatic heterocycles. The lowest BCUT2D eigenvalue weighted by Crippen LogP contribution is -2.39. The summed E-state index contributed by atoms with van der Waals surface area (Å²) in [7, 11) is 0. The number of rotatable bonds is 2. The third-order valence-corrected chi connectivity index (χ3v) is 3.71. The van der Waals surface area contributed by atoms with Gasteiger partial charge in [-0.1, -0.05) is 0 Å². The van der Waals surface area contributed by atoms with Crippen LogP contribution in [0.2, 0.25) is 0 Å². The number of nitrogens with two attached hydrogens (primary N) is 1. The Morgan fingerprint density at radius 2 is 2.33 bits per heavy atom. The number of fused-ring (bicyclic) bond motifs is 1. The molecule has 18 heavy (non-hydrogen) atoms. The van der Waals surface area contributed by atoms with E-state index in [4.69, 9.17) is 15.2 Å². The van der Waals surface area contributed by atoms with E-state index in [0.717, 1.165) is 38.2 Å². The minimum Gasteiger partial charge on any atom is -0.399 e. The van der Waals surface area contributed by atoms with Crippen LogP contribution in [0.15, 0.2) is 18.2 Å². The van der Waals surface area contributed by atoms with Crippen molar-refractivity contribution in [3.8, 4) is 0 Å². The average Bonchev–Trinajstić information content (AvgIpc) is 2.40. The maximum Gasteiger partial charge on any atom is 0.147 e. The third-order valence-electron chi connectivity index (χ3n) is 3.71. The largest absolute Gasteiger partial charge is 0.399 e. The summed E-state index contributed by atoms with van der Waals surface area (Å²) >= 11 is 0. The average molecular weight is 248 g/mol. The van der Waals surface area contributed by atoms with Crippen LogP contribution in [0, 0.1) is 0 Å². The molecular weight excluding hydrogens is 228 g/mol. The molecule has 1 aromatic carbocycles. The normalized spacial score (nSPS) is 23.8. The monoisotopic (exact) mass is 248 g/mol. The molecular formula is C14H20N2O2. The Morgan fingerprint density at radius 3 is 3.17 bits per heavy atom. The number of benzene rings is 1. The van der Waals surface area contributed by atoms with Crippen molar-refractivity contribution in [3.63, 3.8) is 0 Å². The topological polar surface area (TPSA) is 47.7 Å². The molecule has 4 nitrogen and oxygen atoms in total. The summed E-state index contributed by atoms with van der Waals surface area (Å²) in [6, 6.07) is 6.23. The fourth-order valence-electron chi connectivity index (χ4n) is 2.78. The summed E-state index contributed by atoms with van der Waals surface area (Å²) in [6.07, 6.45) is 3.61. The second-order valence-corrected chi connectivity index (χ2v) is 5.04. The Labute approximate surface area is 108 Å². The maximum atomic E-state index is 5.85. The van der Waals surface area contributed by atoms with Crippen LogP contribution in [-0.4, -0.2) is 32.6 Å². The summed E-state index contributed by atoms with van der Waals surface area (Å²) < 4.78 is 10.8. The highest BCUT2D eigenvalue weighted by Crippen LogP contribution is 2.29. The number of nitrogens with zero attached hydrogens (tertiary/aromatic N) is 1. The zero-order valence-electron chi connectivity index (χ0n) is 10.6. The van der Waals surface area contributed by atoms with Crippen molar-refractivity contribution in [2.75, 3.05) is 37.1 Å². The molecule has 1 atom stereocenters. The van der Waals surface area contributed by atoms with E-state index in [1.807, 2.05) is 6.07 Å². The molecule has 0 radical (unpaired) electrons. The fraction of sp³-hybridized carbons (Fsp3) is 0.571. The van der Waals surface area contributed by atoms with Crippen LogP contribution in [0.5, 0.6) is 0 Å². The molecule has 0 bridgehead atoms. The van der Waals surface area contributed by atoms with Crippen LogP contribution in [0.25, 0.3) is 0 Å². The molecule has 98 valence electrons. The van der Waals surface area contributed by atoms with Crippen LogP contribution < -0.4 is 10.6 Å². The summed E-state index contributed by atoms with van der Waals surface area (Å²) in [4.78, 5) is 2.42. The summed E-state index contributed by atoms with van der Waals surface area (Å²) in [5.41, 5.74) is 9.40. The second kappa shape index (κ2) is 5.16. The number of hydrogen-bond acceptors (Lipinski definition) is 4. The molecule has 3 rings (SSSR count). The van der Waals surface area contributed by atoms with Crippen LogP contribution in [0.1, 0.15) is 18.4 Å². The summed E-state index contributed by atoms with van der Waals surface area (Å²) in [5, 5.41) is 0. The first-order chi connectivity index (χ1) is 8.83. The zero-order chi connectivity index (χ0) is 12.4. The highest BCUT2D eigenvalue weighted by atomic mass is 16.7. The standard InChI is InChI=1S/C14H20N2O2/c15-12-3-4-14-11(8-12)2-1-6-16(14)9-13-5-7-17-10-18-13/h3-4,8,13H,1-2,5-7,9-10,15H2. The zero-order valence-corrected chi connectivity index (χ0v) is 10.6. The van der Waals surface area contributed by atoms with Gasteiger partial charge in [0.1, 0.15) is 6.79 Å². The first kappa shape index (κ1) is 11.8. The lowest BCUT2D eigenvalue weighted by molar-refractivity contribution is -0.135. The molecule has 0 spiro atoms. The van der Waals surface area contributed by atoms with Gasteiger partial charge in [-0.3, -0.25) is 0 Å². The predicted octanol–water partition coefficient (Wildman–Crippen LogP) is 1.78. The van der Waals surface area contributed by atoms with Crippen molar-refractivity contribution in [2.45, 2.75) is 25.4 Å². The first-order valence-electron chi connectivity index (χ1n) is 6.65. The summed E-state index contributed by atoms with van der Waals surface area (Å²) in [6.45, 7) is 3.32. The molecule has 0 amide bonds. The minimum absolute atomic E-state index is 0.294. The SMILES string of the molecule is Nc1ccc2c(c1)CCCN2CC1CCOCO1. The van der Waals surface area contributed by atoms with Gasteiger partial charge in [-0.2, -0.15) is 0 Å². The van der Waals surface area contributed by atoms with Gasteiger partial charge in [0.25, 0.3) is 0 Å². The molecule has 2 aliphatic rings. The fourth-order valence-corrected chi connectivity index (χ4v) is 2.78.